The molecule has 2 aliphatic heterocycles. The third-order valence-corrected chi connectivity index (χ3v) is 9.03. The topological polar surface area (TPSA) is 93.5 Å². The number of carbonyl (C=O) groups excluding carboxylic acids is 1. The van der Waals surface area contributed by atoms with Gasteiger partial charge in [-0.2, -0.15) is 4.98 Å². The second kappa shape index (κ2) is 12.3. The minimum Gasteiger partial charge on any atom is -0.367 e. The maximum absolute atomic E-state index is 16.3. The quantitative estimate of drug-likeness (QED) is 0.267. The molecule has 248 valence electrons. The van der Waals surface area contributed by atoms with Gasteiger partial charge in [0, 0.05) is 43.4 Å². The molecule has 0 aromatic carbocycles. The lowest BCUT2D eigenvalue weighted by Gasteiger charge is -2.44. The van der Waals surface area contributed by atoms with E-state index < -0.39 is 48.1 Å². The lowest BCUT2D eigenvalue weighted by molar-refractivity contribution is -0.128. The number of hydrogen-bond acceptors (Lipinski definition) is 7. The van der Waals surface area contributed by atoms with Gasteiger partial charge in [-0.05, 0) is 62.5 Å². The predicted molar refractivity (Wildman–Crippen MR) is 170 cm³/mol. The highest BCUT2D eigenvalue weighted by molar-refractivity contribution is 5.91. The fourth-order valence-corrected chi connectivity index (χ4v) is 6.64. The van der Waals surface area contributed by atoms with Gasteiger partial charge in [-0.15, -0.1) is 0 Å². The van der Waals surface area contributed by atoms with E-state index in [9.17, 15) is 9.59 Å². The lowest BCUT2D eigenvalue weighted by Crippen LogP contribution is -2.58. The zero-order chi connectivity index (χ0) is 33.8. The minimum absolute atomic E-state index is 0.0249. The number of halogens is 4. The van der Waals surface area contributed by atoms with Gasteiger partial charge >= 0.3 is 5.69 Å². The average molecular weight is 653 g/mol. The predicted octanol–water partition coefficient (Wildman–Crippen LogP) is 5.66. The second-order valence-corrected chi connectivity index (χ2v) is 12.7. The van der Waals surface area contributed by atoms with Crippen LogP contribution in [0, 0.1) is 5.82 Å². The zero-order valence-corrected chi connectivity index (χ0v) is 26.6. The molecule has 13 heteroatoms. The van der Waals surface area contributed by atoms with Crippen molar-refractivity contribution in [1.29, 1.82) is 0 Å². The van der Waals surface area contributed by atoms with Gasteiger partial charge in [0.2, 0.25) is 5.91 Å². The molecule has 0 spiro atoms. The molecule has 1 aliphatic carbocycles. The average Bonchev–Trinajstić information content (AvgIpc) is 3.03. The van der Waals surface area contributed by atoms with E-state index in [1.807, 2.05) is 32.6 Å². The molecule has 1 unspecified atom stereocenters. The molecule has 0 radical (unpaired) electrons. The Morgan fingerprint density at radius 1 is 1.17 bits per heavy atom. The number of pyridine rings is 2. The van der Waals surface area contributed by atoms with Crippen molar-refractivity contribution in [1.82, 2.24) is 24.4 Å². The number of carbonyl (C=O) groups is 1. The van der Waals surface area contributed by atoms with Gasteiger partial charge in [-0.3, -0.25) is 9.78 Å². The molecule has 1 saturated heterocycles. The molecule has 3 aromatic heterocycles. The Labute approximate surface area is 269 Å². The van der Waals surface area contributed by atoms with Crippen LogP contribution in [0.1, 0.15) is 63.4 Å². The molecule has 0 N–H and O–H groups in total. The van der Waals surface area contributed by atoms with Crippen LogP contribution < -0.4 is 10.6 Å². The van der Waals surface area contributed by atoms with E-state index in [4.69, 9.17) is 4.74 Å². The largest absolute Gasteiger partial charge is 0.367 e. The molecule has 1 fully saturated rings. The molecule has 1 amide bonds. The number of ether oxygens (including phenoxy) is 1. The third kappa shape index (κ3) is 5.85. The number of aryl methyl sites for hydroxylation is 1. The van der Waals surface area contributed by atoms with Crippen molar-refractivity contribution >= 4 is 28.3 Å². The molecular formula is C34H36F4N6O3. The highest BCUT2D eigenvalue weighted by atomic mass is 19.3. The first-order chi connectivity index (χ1) is 22.3. The van der Waals surface area contributed by atoms with E-state index in [0.29, 0.717) is 11.3 Å². The Kier molecular flexibility index (Phi) is 8.54. The maximum Gasteiger partial charge on any atom is 0.355 e. The van der Waals surface area contributed by atoms with E-state index in [2.05, 4.69) is 21.5 Å². The van der Waals surface area contributed by atoms with Crippen LogP contribution in [0.15, 0.2) is 53.8 Å². The Hall–Kier alpha value is -4.39. The Morgan fingerprint density at radius 2 is 1.94 bits per heavy atom. The SMILES string of the molecule is C=CC(=O)N1C[C@H](C)N(c2nc(=O)n3c4nc(c(F)cc24)C2=C(F)C=CCC2OCC(F)(F)CCc2ccnc(C(C)C)c2-3)C[C@H]1C. The molecule has 5 heterocycles. The molecule has 3 aliphatic rings. The number of allylic oxidation sites excluding steroid dienone is 2. The number of alkyl halides is 2. The van der Waals surface area contributed by atoms with Crippen molar-refractivity contribution in [3.8, 4) is 5.69 Å². The summed E-state index contributed by atoms with van der Waals surface area (Å²) >= 11 is 0. The molecule has 6 rings (SSSR count). The van der Waals surface area contributed by atoms with Crippen molar-refractivity contribution in [3.63, 3.8) is 0 Å². The summed E-state index contributed by atoms with van der Waals surface area (Å²) in [6, 6.07) is 2.07. The van der Waals surface area contributed by atoms with E-state index in [0.717, 1.165) is 12.1 Å². The van der Waals surface area contributed by atoms with Crippen LogP contribution in [0.5, 0.6) is 0 Å². The first kappa shape index (κ1) is 32.5. The smallest absolute Gasteiger partial charge is 0.355 e. The zero-order valence-electron chi connectivity index (χ0n) is 26.6. The van der Waals surface area contributed by atoms with Crippen LogP contribution in [-0.2, 0) is 16.0 Å². The van der Waals surface area contributed by atoms with Gasteiger partial charge in [0.15, 0.2) is 5.65 Å². The third-order valence-electron chi connectivity index (χ3n) is 9.03. The van der Waals surface area contributed by atoms with Crippen LogP contribution in [0.2, 0.25) is 0 Å². The van der Waals surface area contributed by atoms with Gasteiger partial charge in [0.1, 0.15) is 29.8 Å². The summed E-state index contributed by atoms with van der Waals surface area (Å²) in [5.41, 5.74) is -0.511. The number of anilines is 1. The summed E-state index contributed by atoms with van der Waals surface area (Å²) in [7, 11) is 0. The molecular weight excluding hydrogens is 616 g/mol. The monoisotopic (exact) mass is 652 g/mol. The number of hydrogen-bond donors (Lipinski definition) is 0. The fraction of sp³-hybridized carbons (Fsp3) is 0.441. The number of aromatic nitrogens is 4. The van der Waals surface area contributed by atoms with Gasteiger partial charge in [0.25, 0.3) is 5.92 Å². The van der Waals surface area contributed by atoms with Crippen LogP contribution in [0.4, 0.5) is 23.4 Å². The minimum atomic E-state index is -3.32. The van der Waals surface area contributed by atoms with Crippen molar-refractivity contribution < 1.29 is 27.1 Å². The van der Waals surface area contributed by atoms with E-state index in [1.54, 1.807) is 11.0 Å². The van der Waals surface area contributed by atoms with Gasteiger partial charge < -0.3 is 14.5 Å². The lowest BCUT2D eigenvalue weighted by atomic mass is 9.96. The number of nitrogens with zero attached hydrogens (tertiary/aromatic N) is 6. The van der Waals surface area contributed by atoms with E-state index in [-0.39, 0.29) is 78.0 Å². The summed E-state index contributed by atoms with van der Waals surface area (Å²) in [5, 5.41) is 0.155. The van der Waals surface area contributed by atoms with Crippen LogP contribution in [-0.4, -0.2) is 74.1 Å². The van der Waals surface area contributed by atoms with Crippen LogP contribution in [0.25, 0.3) is 22.3 Å². The van der Waals surface area contributed by atoms with Crippen molar-refractivity contribution in [2.24, 2.45) is 0 Å². The fourth-order valence-electron chi connectivity index (χ4n) is 6.64. The second-order valence-electron chi connectivity index (χ2n) is 12.7. The number of piperazine rings is 1. The first-order valence-electron chi connectivity index (χ1n) is 15.7. The highest BCUT2D eigenvalue weighted by Gasteiger charge is 2.37. The normalized spacial score (nSPS) is 22.9. The summed E-state index contributed by atoms with van der Waals surface area (Å²) in [4.78, 5) is 43.9. The first-order valence-corrected chi connectivity index (χ1v) is 15.7. The van der Waals surface area contributed by atoms with Crippen molar-refractivity contribution in [2.75, 3.05) is 24.6 Å². The molecule has 3 aromatic rings. The van der Waals surface area contributed by atoms with Crippen molar-refractivity contribution in [3.05, 3.63) is 82.2 Å². The Morgan fingerprint density at radius 3 is 2.66 bits per heavy atom. The van der Waals surface area contributed by atoms with Gasteiger partial charge in [-0.1, -0.05) is 26.5 Å². The van der Waals surface area contributed by atoms with E-state index >= 15 is 17.6 Å². The number of rotatable bonds is 3. The summed E-state index contributed by atoms with van der Waals surface area (Å²) in [6.45, 7) is 10.5. The van der Waals surface area contributed by atoms with E-state index in [1.165, 1.54) is 22.9 Å². The van der Waals surface area contributed by atoms with Crippen LogP contribution in [0.3, 0.4) is 0 Å². The maximum atomic E-state index is 16.3. The molecule has 47 heavy (non-hydrogen) atoms. The Balaban J connectivity index is 1.68. The standard InChI is InChI=1S/C34H36F4N6O3/c1-6-26(45)42-15-20(5)43(16-19(42)4)31-22-14-24(36)29-27-23(35)8-7-9-25(27)47-17-34(37,38)12-10-21-11-13-39-28(18(2)3)30(21)44(32(22)40-29)33(46)41-31/h6-8,11,13-14,18-20,25H,1,9-10,12,15-17H2,2-5H3/t19-,20+,25?/m1/s1. The summed E-state index contributed by atoms with van der Waals surface area (Å²) < 4.78 is 69.1. The number of amides is 1. The molecule has 2 bridgehead atoms. The van der Waals surface area contributed by atoms with Crippen molar-refractivity contribution in [2.45, 2.75) is 77.0 Å². The highest BCUT2D eigenvalue weighted by Crippen LogP contribution is 2.38. The molecule has 0 saturated carbocycles. The Bertz CT molecular complexity index is 1890. The van der Waals surface area contributed by atoms with Crippen LogP contribution >= 0.6 is 0 Å². The summed E-state index contributed by atoms with van der Waals surface area (Å²) in [5.74, 6) is -5.47. The molecule has 9 nitrogen and oxygen atoms in total. The van der Waals surface area contributed by atoms with Gasteiger partial charge in [0.05, 0.1) is 22.9 Å². The summed E-state index contributed by atoms with van der Waals surface area (Å²) in [6.07, 6.45) is 3.32. The molecule has 3 atom stereocenters. The van der Waals surface area contributed by atoms with Gasteiger partial charge in [-0.25, -0.2) is 31.9 Å². The number of fused-ring (bicyclic) bond motifs is 5.